The standard InChI is InChI=1S/C19H16ClN5/c20-16-9-8-14(17-15(16)7-4-10-21-17)11-22-18(19-23-12-24-25-19)13-5-2-1-3-6-13/h1-10,12,18,22H,11H2,(H,23,24,25)/t18-/m1/s1. The Morgan fingerprint density at radius 1 is 1.00 bits per heavy atom. The van der Waals surface area contributed by atoms with Crippen molar-refractivity contribution in [2.24, 2.45) is 0 Å². The quantitative estimate of drug-likeness (QED) is 0.573. The van der Waals surface area contributed by atoms with Crippen molar-refractivity contribution in [1.29, 1.82) is 0 Å². The van der Waals surface area contributed by atoms with E-state index in [1.54, 1.807) is 6.20 Å². The second kappa shape index (κ2) is 7.01. The Hall–Kier alpha value is -2.76. The molecule has 0 radical (unpaired) electrons. The molecular formula is C19H16ClN5. The summed E-state index contributed by atoms with van der Waals surface area (Å²) in [6, 6.07) is 17.9. The number of hydrogen-bond acceptors (Lipinski definition) is 4. The van der Waals surface area contributed by atoms with E-state index in [-0.39, 0.29) is 6.04 Å². The van der Waals surface area contributed by atoms with Crippen LogP contribution < -0.4 is 5.32 Å². The van der Waals surface area contributed by atoms with E-state index in [9.17, 15) is 0 Å². The number of pyridine rings is 1. The van der Waals surface area contributed by atoms with Crippen LogP contribution in [0, 0.1) is 0 Å². The number of halogens is 1. The van der Waals surface area contributed by atoms with Gasteiger partial charge in [-0.15, -0.1) is 0 Å². The normalized spacial score (nSPS) is 12.4. The molecule has 0 unspecified atom stereocenters. The lowest BCUT2D eigenvalue weighted by molar-refractivity contribution is 0.579. The minimum atomic E-state index is -0.0851. The molecule has 2 N–H and O–H groups in total. The van der Waals surface area contributed by atoms with Gasteiger partial charge in [0.15, 0.2) is 0 Å². The molecule has 4 aromatic rings. The lowest BCUT2D eigenvalue weighted by Gasteiger charge is -2.17. The summed E-state index contributed by atoms with van der Waals surface area (Å²) < 4.78 is 0. The number of aromatic nitrogens is 4. The second-order valence-corrected chi connectivity index (χ2v) is 6.11. The third-order valence-electron chi connectivity index (χ3n) is 4.14. The Balaban J connectivity index is 1.66. The van der Waals surface area contributed by atoms with Crippen molar-refractivity contribution in [3.8, 4) is 0 Å². The lowest BCUT2D eigenvalue weighted by atomic mass is 10.0. The summed E-state index contributed by atoms with van der Waals surface area (Å²) in [6.45, 7) is 0.630. The molecule has 0 bridgehead atoms. The van der Waals surface area contributed by atoms with Gasteiger partial charge >= 0.3 is 0 Å². The minimum Gasteiger partial charge on any atom is -0.299 e. The number of fused-ring (bicyclic) bond motifs is 1. The van der Waals surface area contributed by atoms with Crippen LogP contribution in [-0.4, -0.2) is 20.2 Å². The molecule has 0 aliphatic carbocycles. The fourth-order valence-corrected chi connectivity index (χ4v) is 3.14. The summed E-state index contributed by atoms with van der Waals surface area (Å²) in [6.07, 6.45) is 3.31. The van der Waals surface area contributed by atoms with Crippen LogP contribution in [0.3, 0.4) is 0 Å². The molecule has 2 heterocycles. The number of hydrogen-bond donors (Lipinski definition) is 2. The van der Waals surface area contributed by atoms with Crippen molar-refractivity contribution in [3.63, 3.8) is 0 Å². The van der Waals surface area contributed by atoms with Crippen LogP contribution in [0.2, 0.25) is 5.02 Å². The molecule has 0 spiro atoms. The highest BCUT2D eigenvalue weighted by atomic mass is 35.5. The molecule has 4 rings (SSSR count). The van der Waals surface area contributed by atoms with E-state index in [0.717, 1.165) is 27.9 Å². The number of nitrogens with zero attached hydrogens (tertiary/aromatic N) is 3. The Morgan fingerprint density at radius 2 is 1.88 bits per heavy atom. The summed E-state index contributed by atoms with van der Waals surface area (Å²) in [4.78, 5) is 8.81. The molecule has 0 fully saturated rings. The number of H-pyrrole nitrogens is 1. The number of rotatable bonds is 5. The van der Waals surface area contributed by atoms with Gasteiger partial charge < -0.3 is 0 Å². The molecule has 124 valence electrons. The number of nitrogens with one attached hydrogen (secondary N) is 2. The van der Waals surface area contributed by atoms with Crippen molar-refractivity contribution in [1.82, 2.24) is 25.5 Å². The maximum Gasteiger partial charge on any atom is 0.145 e. The van der Waals surface area contributed by atoms with E-state index in [0.29, 0.717) is 11.6 Å². The predicted molar refractivity (Wildman–Crippen MR) is 98.3 cm³/mol. The average molecular weight is 350 g/mol. The molecule has 0 saturated carbocycles. The second-order valence-electron chi connectivity index (χ2n) is 5.70. The van der Waals surface area contributed by atoms with Crippen LogP contribution in [-0.2, 0) is 6.54 Å². The highest BCUT2D eigenvalue weighted by Crippen LogP contribution is 2.26. The Labute approximate surface area is 150 Å². The van der Waals surface area contributed by atoms with E-state index >= 15 is 0 Å². The fraction of sp³-hybridized carbons (Fsp3) is 0.105. The summed E-state index contributed by atoms with van der Waals surface area (Å²) in [5, 5.41) is 12.2. The Kier molecular flexibility index (Phi) is 4.41. The SMILES string of the molecule is Clc1ccc(CN[C@H](c2ccccc2)c2ncn[nH]2)c2ncccc12. The van der Waals surface area contributed by atoms with E-state index < -0.39 is 0 Å². The molecule has 0 aliphatic heterocycles. The third-order valence-corrected chi connectivity index (χ3v) is 4.47. The van der Waals surface area contributed by atoms with Crippen LogP contribution in [0.1, 0.15) is 23.0 Å². The van der Waals surface area contributed by atoms with E-state index in [1.807, 2.05) is 42.5 Å². The molecule has 1 atom stereocenters. The van der Waals surface area contributed by atoms with Gasteiger partial charge in [-0.25, -0.2) is 4.98 Å². The first kappa shape index (κ1) is 15.7. The fourth-order valence-electron chi connectivity index (χ4n) is 2.92. The van der Waals surface area contributed by atoms with Crippen molar-refractivity contribution in [2.45, 2.75) is 12.6 Å². The van der Waals surface area contributed by atoms with Crippen molar-refractivity contribution in [3.05, 3.63) is 89.1 Å². The lowest BCUT2D eigenvalue weighted by Crippen LogP contribution is -2.23. The van der Waals surface area contributed by atoms with Gasteiger partial charge in [0.1, 0.15) is 12.2 Å². The Morgan fingerprint density at radius 3 is 2.68 bits per heavy atom. The van der Waals surface area contributed by atoms with Crippen molar-refractivity contribution in [2.75, 3.05) is 0 Å². The van der Waals surface area contributed by atoms with Crippen LogP contribution in [0.4, 0.5) is 0 Å². The van der Waals surface area contributed by atoms with Crippen LogP contribution in [0.5, 0.6) is 0 Å². The maximum atomic E-state index is 6.29. The minimum absolute atomic E-state index is 0.0851. The van der Waals surface area contributed by atoms with Gasteiger partial charge in [-0.05, 0) is 29.3 Å². The van der Waals surface area contributed by atoms with Crippen molar-refractivity contribution >= 4 is 22.5 Å². The maximum absolute atomic E-state index is 6.29. The van der Waals surface area contributed by atoms with Crippen LogP contribution >= 0.6 is 11.6 Å². The molecule has 5 nitrogen and oxygen atoms in total. The van der Waals surface area contributed by atoms with Gasteiger partial charge in [0.2, 0.25) is 0 Å². The first-order chi connectivity index (χ1) is 12.3. The molecule has 0 saturated heterocycles. The van der Waals surface area contributed by atoms with Gasteiger partial charge in [0.25, 0.3) is 0 Å². The largest absolute Gasteiger partial charge is 0.299 e. The summed E-state index contributed by atoms with van der Waals surface area (Å²) >= 11 is 6.29. The molecule has 0 amide bonds. The molecule has 0 aliphatic rings. The van der Waals surface area contributed by atoms with E-state index in [4.69, 9.17) is 11.6 Å². The van der Waals surface area contributed by atoms with Crippen LogP contribution in [0.25, 0.3) is 10.9 Å². The average Bonchev–Trinajstić information content (AvgIpc) is 3.19. The van der Waals surface area contributed by atoms with Gasteiger partial charge in [-0.3, -0.25) is 15.4 Å². The third kappa shape index (κ3) is 3.24. The van der Waals surface area contributed by atoms with Gasteiger partial charge in [0.05, 0.1) is 11.6 Å². The van der Waals surface area contributed by atoms with E-state index in [2.05, 4.69) is 37.6 Å². The molecule has 2 aromatic carbocycles. The molecule has 2 aromatic heterocycles. The van der Waals surface area contributed by atoms with Crippen LogP contribution in [0.15, 0.2) is 67.1 Å². The summed E-state index contributed by atoms with van der Waals surface area (Å²) in [5.41, 5.74) is 3.11. The summed E-state index contributed by atoms with van der Waals surface area (Å²) in [7, 11) is 0. The molecule has 6 heteroatoms. The zero-order valence-electron chi connectivity index (χ0n) is 13.4. The molecular weight excluding hydrogens is 334 g/mol. The highest BCUT2D eigenvalue weighted by molar-refractivity contribution is 6.35. The predicted octanol–water partition coefficient (Wildman–Crippen LogP) is 3.89. The van der Waals surface area contributed by atoms with E-state index in [1.165, 1.54) is 6.33 Å². The first-order valence-corrected chi connectivity index (χ1v) is 8.36. The summed E-state index contributed by atoms with van der Waals surface area (Å²) in [5.74, 6) is 0.775. The van der Waals surface area contributed by atoms with Gasteiger partial charge in [-0.1, -0.05) is 48.0 Å². The Bertz CT molecular complexity index is 970. The van der Waals surface area contributed by atoms with Gasteiger partial charge in [0, 0.05) is 23.2 Å². The topological polar surface area (TPSA) is 66.5 Å². The number of aromatic amines is 1. The first-order valence-electron chi connectivity index (χ1n) is 7.98. The van der Waals surface area contributed by atoms with Gasteiger partial charge in [-0.2, -0.15) is 5.10 Å². The van der Waals surface area contributed by atoms with Crippen molar-refractivity contribution < 1.29 is 0 Å². The monoisotopic (exact) mass is 349 g/mol. The zero-order chi connectivity index (χ0) is 17.1. The zero-order valence-corrected chi connectivity index (χ0v) is 14.1. The molecule has 25 heavy (non-hydrogen) atoms. The highest BCUT2D eigenvalue weighted by Gasteiger charge is 2.17. The smallest absolute Gasteiger partial charge is 0.145 e. The number of benzene rings is 2.